The SMILES string of the molecule is CC(C)c1ccc(O)c2c1CC1(CN3CCCC3)CC3C(C(C)C)C(=O)C(C(N)=O)C(=O)C3(O)C(=O)C1C2=O. The maximum Gasteiger partial charge on any atom is 0.235 e. The van der Waals surface area contributed by atoms with Crippen molar-refractivity contribution >= 4 is 29.0 Å². The van der Waals surface area contributed by atoms with E-state index < -0.39 is 63.7 Å². The number of hydrogen-bond acceptors (Lipinski definition) is 8. The first kappa shape index (κ1) is 27.6. The maximum atomic E-state index is 14.4. The molecule has 4 aliphatic rings. The molecule has 0 aromatic heterocycles. The zero-order valence-electron chi connectivity index (χ0n) is 23.0. The Morgan fingerprint density at radius 3 is 2.28 bits per heavy atom. The molecule has 3 fully saturated rings. The monoisotopic (exact) mass is 538 g/mol. The van der Waals surface area contributed by atoms with Crippen LogP contribution in [-0.4, -0.2) is 69.4 Å². The molecule has 210 valence electrons. The highest BCUT2D eigenvalue weighted by Crippen LogP contribution is 2.59. The third-order valence-electron chi connectivity index (χ3n) is 9.82. The Kier molecular flexibility index (Phi) is 6.62. The van der Waals surface area contributed by atoms with E-state index in [1.54, 1.807) is 19.9 Å². The van der Waals surface area contributed by atoms with Crippen molar-refractivity contribution in [3.05, 3.63) is 28.8 Å². The average molecular weight is 539 g/mol. The highest BCUT2D eigenvalue weighted by atomic mass is 16.3. The summed E-state index contributed by atoms with van der Waals surface area (Å²) in [6.45, 7) is 9.50. The van der Waals surface area contributed by atoms with Crippen LogP contribution in [0.5, 0.6) is 5.75 Å². The highest BCUT2D eigenvalue weighted by molar-refractivity contribution is 6.32. The molecule has 2 saturated carbocycles. The Labute approximate surface area is 228 Å². The normalized spacial score (nSPS) is 34.8. The first-order valence-corrected chi connectivity index (χ1v) is 14.0. The molecule has 39 heavy (non-hydrogen) atoms. The molecule has 6 unspecified atom stereocenters. The number of fused-ring (bicyclic) bond motifs is 3. The number of amides is 1. The van der Waals surface area contributed by atoms with Gasteiger partial charge in [0, 0.05) is 23.8 Å². The van der Waals surface area contributed by atoms with Crippen LogP contribution in [0.25, 0.3) is 0 Å². The molecule has 1 aromatic rings. The van der Waals surface area contributed by atoms with Crippen molar-refractivity contribution in [2.75, 3.05) is 19.6 Å². The van der Waals surface area contributed by atoms with Crippen molar-refractivity contribution in [3.8, 4) is 5.75 Å². The summed E-state index contributed by atoms with van der Waals surface area (Å²) < 4.78 is 0. The summed E-state index contributed by atoms with van der Waals surface area (Å²) in [6, 6.07) is 3.26. The van der Waals surface area contributed by atoms with Gasteiger partial charge in [0.05, 0.1) is 11.5 Å². The zero-order valence-corrected chi connectivity index (χ0v) is 23.0. The number of ketones is 4. The topological polar surface area (TPSA) is 155 Å². The molecule has 0 bridgehead atoms. The largest absolute Gasteiger partial charge is 0.507 e. The van der Waals surface area contributed by atoms with E-state index >= 15 is 0 Å². The Morgan fingerprint density at radius 2 is 1.72 bits per heavy atom. The van der Waals surface area contributed by atoms with Crippen LogP contribution in [0.3, 0.4) is 0 Å². The molecule has 9 nitrogen and oxygen atoms in total. The number of aliphatic hydroxyl groups is 1. The van der Waals surface area contributed by atoms with E-state index in [2.05, 4.69) is 4.90 Å². The van der Waals surface area contributed by atoms with Crippen molar-refractivity contribution < 1.29 is 34.2 Å². The highest BCUT2D eigenvalue weighted by Gasteiger charge is 2.72. The Hall–Kier alpha value is -2.91. The number of nitrogens with two attached hydrogens (primary N) is 1. The summed E-state index contributed by atoms with van der Waals surface area (Å²) in [4.78, 5) is 70.4. The third kappa shape index (κ3) is 3.84. The number of benzene rings is 1. The van der Waals surface area contributed by atoms with E-state index in [0.29, 0.717) is 18.5 Å². The van der Waals surface area contributed by atoms with Crippen LogP contribution < -0.4 is 5.73 Å². The zero-order chi connectivity index (χ0) is 28.6. The number of likely N-dealkylation sites (tertiary alicyclic amines) is 1. The van der Waals surface area contributed by atoms with Crippen LogP contribution in [-0.2, 0) is 25.6 Å². The van der Waals surface area contributed by atoms with Crippen LogP contribution in [0.2, 0.25) is 0 Å². The lowest BCUT2D eigenvalue weighted by Crippen LogP contribution is -2.74. The van der Waals surface area contributed by atoms with Crippen LogP contribution in [0.4, 0.5) is 0 Å². The van der Waals surface area contributed by atoms with E-state index in [0.717, 1.165) is 31.5 Å². The van der Waals surface area contributed by atoms with Gasteiger partial charge in [-0.05, 0) is 67.8 Å². The van der Waals surface area contributed by atoms with Crippen molar-refractivity contribution in [2.45, 2.75) is 64.9 Å². The minimum atomic E-state index is -2.69. The van der Waals surface area contributed by atoms with Crippen molar-refractivity contribution in [1.29, 1.82) is 0 Å². The Bertz CT molecular complexity index is 1280. The molecule has 3 aliphatic carbocycles. The van der Waals surface area contributed by atoms with E-state index in [4.69, 9.17) is 5.73 Å². The number of hydrogen-bond donors (Lipinski definition) is 3. The second kappa shape index (κ2) is 9.34. The molecule has 5 rings (SSSR count). The fourth-order valence-corrected chi connectivity index (χ4v) is 8.20. The van der Waals surface area contributed by atoms with Crippen molar-refractivity contribution in [2.24, 2.45) is 40.7 Å². The second-order valence-electron chi connectivity index (χ2n) is 12.8. The van der Waals surface area contributed by atoms with Gasteiger partial charge in [-0.1, -0.05) is 33.8 Å². The predicted molar refractivity (Wildman–Crippen MR) is 141 cm³/mol. The quantitative estimate of drug-likeness (QED) is 0.480. The van der Waals surface area contributed by atoms with Crippen molar-refractivity contribution in [1.82, 2.24) is 4.90 Å². The van der Waals surface area contributed by atoms with Crippen LogP contribution in [0, 0.1) is 35.0 Å². The average Bonchev–Trinajstić information content (AvgIpc) is 3.33. The van der Waals surface area contributed by atoms with Gasteiger partial charge < -0.3 is 20.8 Å². The number of aromatic hydroxyl groups is 1. The number of phenols is 1. The third-order valence-corrected chi connectivity index (χ3v) is 9.82. The van der Waals surface area contributed by atoms with E-state index in [9.17, 15) is 34.2 Å². The molecular formula is C30H38N2O7. The molecule has 1 saturated heterocycles. The fourth-order valence-electron chi connectivity index (χ4n) is 8.20. The van der Waals surface area contributed by atoms with Gasteiger partial charge in [-0.2, -0.15) is 0 Å². The number of carbonyl (C=O) groups excluding carboxylic acids is 5. The standard InChI is InChI=1S/C30H38N2O7/c1-14(2)16-7-8-19(33)21-17(16)11-29(13-32-9-5-6-10-32)12-18-20(15(3)4)24(34)22(28(31)38)26(36)30(18,39)27(37)23(29)25(21)35/h7-8,14-15,18,20,22-23,33,39H,5-6,9-13H2,1-4H3,(H2,31,38). The molecular weight excluding hydrogens is 500 g/mol. The number of carbonyl (C=O) groups is 5. The maximum absolute atomic E-state index is 14.4. The molecule has 1 heterocycles. The summed E-state index contributed by atoms with van der Waals surface area (Å²) in [5.74, 6) is -10.7. The van der Waals surface area contributed by atoms with E-state index in [1.165, 1.54) is 6.07 Å². The summed E-state index contributed by atoms with van der Waals surface area (Å²) in [5, 5.41) is 22.8. The first-order valence-electron chi connectivity index (χ1n) is 14.0. The van der Waals surface area contributed by atoms with Gasteiger partial charge in [0.15, 0.2) is 34.7 Å². The molecule has 4 N–H and O–H groups in total. The van der Waals surface area contributed by atoms with Gasteiger partial charge >= 0.3 is 0 Å². The molecule has 1 amide bonds. The van der Waals surface area contributed by atoms with Gasteiger partial charge in [-0.3, -0.25) is 24.0 Å². The minimum absolute atomic E-state index is 0.0429. The van der Waals surface area contributed by atoms with Gasteiger partial charge in [0.2, 0.25) is 5.91 Å². The number of rotatable bonds is 5. The summed E-state index contributed by atoms with van der Waals surface area (Å²) >= 11 is 0. The Balaban J connectivity index is 1.75. The lowest BCUT2D eigenvalue weighted by atomic mass is 9.45. The number of nitrogens with zero attached hydrogens (tertiary/aromatic N) is 1. The van der Waals surface area contributed by atoms with Crippen LogP contribution in [0.1, 0.15) is 74.4 Å². The minimum Gasteiger partial charge on any atom is -0.507 e. The number of primary amides is 1. The number of phenolic OH excluding ortho intramolecular Hbond substituents is 1. The molecule has 0 radical (unpaired) electrons. The molecule has 0 spiro atoms. The van der Waals surface area contributed by atoms with Gasteiger partial charge in [-0.25, -0.2) is 0 Å². The van der Waals surface area contributed by atoms with Gasteiger partial charge in [0.1, 0.15) is 5.75 Å². The smallest absolute Gasteiger partial charge is 0.235 e. The number of Topliss-reactive ketones (excluding diaryl/α,β-unsaturated/α-hetero) is 4. The summed E-state index contributed by atoms with van der Waals surface area (Å²) in [6.07, 6.45) is 2.34. The first-order chi connectivity index (χ1) is 18.3. The van der Waals surface area contributed by atoms with Crippen LogP contribution >= 0.6 is 0 Å². The summed E-state index contributed by atoms with van der Waals surface area (Å²) in [7, 11) is 0. The predicted octanol–water partition coefficient (Wildman–Crippen LogP) is 1.80. The van der Waals surface area contributed by atoms with Gasteiger partial charge in [-0.15, -0.1) is 0 Å². The lowest BCUT2D eigenvalue weighted by molar-refractivity contribution is -0.188. The molecule has 1 aliphatic heterocycles. The Morgan fingerprint density at radius 1 is 1.08 bits per heavy atom. The lowest BCUT2D eigenvalue weighted by Gasteiger charge is -2.58. The van der Waals surface area contributed by atoms with Crippen LogP contribution in [0.15, 0.2) is 12.1 Å². The second-order valence-corrected chi connectivity index (χ2v) is 12.8. The van der Waals surface area contributed by atoms with E-state index in [-0.39, 0.29) is 29.6 Å². The molecule has 6 atom stereocenters. The van der Waals surface area contributed by atoms with Crippen molar-refractivity contribution in [3.63, 3.8) is 0 Å². The molecule has 1 aromatic carbocycles. The molecule has 9 heteroatoms. The van der Waals surface area contributed by atoms with Gasteiger partial charge in [0.25, 0.3) is 0 Å². The summed E-state index contributed by atoms with van der Waals surface area (Å²) in [5.41, 5.74) is 3.41. The van der Waals surface area contributed by atoms with E-state index in [1.807, 2.05) is 13.8 Å². The fraction of sp³-hybridized carbons (Fsp3) is 0.633.